The molecule has 208 valence electrons. The van der Waals surface area contributed by atoms with E-state index in [-0.39, 0.29) is 16.7 Å². The Morgan fingerprint density at radius 2 is 1.20 bits per heavy atom. The summed E-state index contributed by atoms with van der Waals surface area (Å²) in [5.41, 5.74) is 0. The van der Waals surface area contributed by atoms with E-state index in [1.807, 2.05) is 0 Å². The third-order valence-electron chi connectivity index (χ3n) is 6.02. The number of carbonyl (C=O) groups excluding carboxylic acids is 2. The molecule has 1 unspecified atom stereocenters. The van der Waals surface area contributed by atoms with E-state index in [0.29, 0.717) is 19.7 Å². The lowest BCUT2D eigenvalue weighted by molar-refractivity contribution is -0.141. The number of rotatable bonds is 28. The van der Waals surface area contributed by atoms with Gasteiger partial charge in [-0.25, -0.2) is 4.79 Å². The molecule has 1 N–H and O–H groups in total. The topological polar surface area (TPSA) is 72.8 Å². The lowest BCUT2D eigenvalue weighted by Crippen LogP contribution is -2.19. The van der Waals surface area contributed by atoms with Crippen molar-refractivity contribution < 1.29 is 24.2 Å². The number of unbranched alkanes of at least 4 members (excludes halogenated alkanes) is 12. The van der Waals surface area contributed by atoms with Crippen molar-refractivity contribution in [3.63, 3.8) is 0 Å². The van der Waals surface area contributed by atoms with Gasteiger partial charge in [-0.2, -0.15) is 0 Å². The van der Waals surface area contributed by atoms with E-state index in [4.69, 9.17) is 4.74 Å². The fourth-order valence-corrected chi connectivity index (χ4v) is 6.35. The minimum absolute atomic E-state index is 0.0549. The molecule has 0 aromatic carbocycles. The Morgan fingerprint density at radius 1 is 0.714 bits per heavy atom. The summed E-state index contributed by atoms with van der Waals surface area (Å²) in [5, 5.41) is 10.1. The second kappa shape index (κ2) is 28.2. The Kier molecular flexibility index (Phi) is 27.9. The largest absolute Gasteiger partial charge is 0.468 e. The Hall–Kier alpha value is -0.400. The van der Waals surface area contributed by atoms with E-state index < -0.39 is 0 Å². The van der Waals surface area contributed by atoms with Crippen LogP contribution in [0.4, 0.5) is 0 Å². The van der Waals surface area contributed by atoms with E-state index in [1.165, 1.54) is 64.2 Å². The van der Waals surface area contributed by atoms with Crippen LogP contribution >= 0.6 is 23.5 Å². The highest BCUT2D eigenvalue weighted by molar-refractivity contribution is 8.18. The second-order valence-corrected chi connectivity index (χ2v) is 12.1. The van der Waals surface area contributed by atoms with Gasteiger partial charge >= 0.3 is 5.97 Å². The van der Waals surface area contributed by atoms with Crippen LogP contribution in [0.5, 0.6) is 0 Å². The van der Waals surface area contributed by atoms with Crippen molar-refractivity contribution in [3.8, 4) is 0 Å². The molecule has 5 nitrogen and oxygen atoms in total. The summed E-state index contributed by atoms with van der Waals surface area (Å²) in [6, 6.07) is 0. The summed E-state index contributed by atoms with van der Waals surface area (Å²) in [7, 11) is 0. The average molecular weight is 535 g/mol. The Morgan fingerprint density at radius 3 is 1.71 bits per heavy atom. The van der Waals surface area contributed by atoms with Crippen LogP contribution in [-0.2, 0) is 19.1 Å². The van der Waals surface area contributed by atoms with E-state index in [2.05, 4.69) is 18.6 Å². The predicted molar refractivity (Wildman–Crippen MR) is 152 cm³/mol. The van der Waals surface area contributed by atoms with Crippen LogP contribution in [0.1, 0.15) is 129 Å². The number of esters is 1. The molecule has 7 heteroatoms. The minimum atomic E-state index is -0.267. The number of ether oxygens (including phenoxy) is 2. The van der Waals surface area contributed by atoms with Crippen LogP contribution in [0.25, 0.3) is 0 Å². The lowest BCUT2D eigenvalue weighted by Gasteiger charge is -2.16. The van der Waals surface area contributed by atoms with Gasteiger partial charge < -0.3 is 14.6 Å². The van der Waals surface area contributed by atoms with Crippen LogP contribution in [0.15, 0.2) is 0 Å². The van der Waals surface area contributed by atoms with E-state index >= 15 is 0 Å². The predicted octanol–water partition coefficient (Wildman–Crippen LogP) is 7.92. The second-order valence-electron chi connectivity index (χ2n) is 9.39. The molecule has 0 spiro atoms. The van der Waals surface area contributed by atoms with E-state index in [9.17, 15) is 14.7 Å². The van der Waals surface area contributed by atoms with Crippen LogP contribution in [-0.4, -0.2) is 53.0 Å². The first-order valence-corrected chi connectivity index (χ1v) is 16.4. The monoisotopic (exact) mass is 534 g/mol. The molecule has 0 aliphatic carbocycles. The molecule has 0 fully saturated rings. The van der Waals surface area contributed by atoms with Crippen LogP contribution in [0.3, 0.4) is 0 Å². The van der Waals surface area contributed by atoms with Gasteiger partial charge in [0.1, 0.15) is 4.58 Å². The third-order valence-corrected chi connectivity index (χ3v) is 8.88. The highest BCUT2D eigenvalue weighted by Crippen LogP contribution is 2.28. The van der Waals surface area contributed by atoms with Crippen LogP contribution < -0.4 is 0 Å². The number of hydrogen-bond acceptors (Lipinski definition) is 7. The number of aliphatic hydroxyl groups excluding tert-OH is 1. The fourth-order valence-electron chi connectivity index (χ4n) is 3.81. The summed E-state index contributed by atoms with van der Waals surface area (Å²) in [4.78, 5) is 22.8. The molecule has 0 aliphatic heterocycles. The van der Waals surface area contributed by atoms with Gasteiger partial charge in [-0.05, 0) is 62.9 Å². The third kappa shape index (κ3) is 25.0. The van der Waals surface area contributed by atoms with Crippen molar-refractivity contribution in [2.75, 3.05) is 24.7 Å². The van der Waals surface area contributed by atoms with E-state index in [1.54, 1.807) is 23.5 Å². The zero-order valence-corrected chi connectivity index (χ0v) is 24.3. The molecule has 0 aromatic rings. The SMILES string of the molecule is CCCCCCCSC(SCCCCCCC)C(=O)OCCCCCC(O)CCCCCOC=O. The number of carbonyl (C=O) groups is 2. The molecule has 0 amide bonds. The molecule has 0 saturated heterocycles. The molecule has 0 radical (unpaired) electrons. The van der Waals surface area contributed by atoms with Gasteiger partial charge in [-0.15, -0.1) is 23.5 Å². The van der Waals surface area contributed by atoms with Crippen LogP contribution in [0.2, 0.25) is 0 Å². The van der Waals surface area contributed by atoms with Gasteiger partial charge in [-0.1, -0.05) is 78.1 Å². The summed E-state index contributed by atoms with van der Waals surface area (Å²) in [6.07, 6.45) is 19.5. The zero-order valence-electron chi connectivity index (χ0n) is 22.7. The first-order chi connectivity index (χ1) is 17.2. The molecular weight excluding hydrogens is 480 g/mol. The van der Waals surface area contributed by atoms with Crippen molar-refractivity contribution in [2.24, 2.45) is 0 Å². The fraction of sp³-hybridized carbons (Fsp3) is 0.929. The highest BCUT2D eigenvalue weighted by atomic mass is 32.2. The Balaban J connectivity index is 3.98. The van der Waals surface area contributed by atoms with E-state index in [0.717, 1.165) is 62.9 Å². The lowest BCUT2D eigenvalue weighted by atomic mass is 10.0. The van der Waals surface area contributed by atoms with Crippen LogP contribution in [0, 0.1) is 0 Å². The minimum Gasteiger partial charge on any atom is -0.468 e. The molecular formula is C28H54O5S2. The highest BCUT2D eigenvalue weighted by Gasteiger charge is 2.20. The van der Waals surface area contributed by atoms with Crippen molar-refractivity contribution in [2.45, 2.75) is 140 Å². The maximum atomic E-state index is 12.7. The van der Waals surface area contributed by atoms with Gasteiger partial charge in [0.25, 0.3) is 6.47 Å². The molecule has 0 rings (SSSR count). The summed E-state index contributed by atoms with van der Waals surface area (Å²) < 4.78 is 10.2. The van der Waals surface area contributed by atoms with Gasteiger partial charge in [0, 0.05) is 0 Å². The molecule has 0 aromatic heterocycles. The van der Waals surface area contributed by atoms with Crippen molar-refractivity contribution in [1.29, 1.82) is 0 Å². The Labute approximate surface area is 224 Å². The smallest absolute Gasteiger partial charge is 0.329 e. The molecule has 0 saturated carbocycles. The molecule has 0 bridgehead atoms. The standard InChI is InChI=1S/C28H54O5S2/c1-3-5-7-9-17-23-34-28(35-24-18-10-8-6-4-2)27(31)33-22-16-12-14-20-26(30)19-13-11-15-21-32-25-29/h25-26,28,30H,3-24H2,1-2H3. The molecule has 1 atom stereocenters. The molecule has 35 heavy (non-hydrogen) atoms. The van der Waals surface area contributed by atoms with Gasteiger partial charge in [0.15, 0.2) is 0 Å². The molecule has 0 heterocycles. The Bertz CT molecular complexity index is 449. The summed E-state index contributed by atoms with van der Waals surface area (Å²) >= 11 is 3.54. The van der Waals surface area contributed by atoms with Crippen molar-refractivity contribution >= 4 is 36.0 Å². The van der Waals surface area contributed by atoms with Crippen molar-refractivity contribution in [3.05, 3.63) is 0 Å². The van der Waals surface area contributed by atoms with Crippen molar-refractivity contribution in [1.82, 2.24) is 0 Å². The maximum Gasteiger partial charge on any atom is 0.329 e. The first kappa shape index (κ1) is 34.6. The normalized spacial score (nSPS) is 12.1. The van der Waals surface area contributed by atoms with Gasteiger partial charge in [0.05, 0.1) is 19.3 Å². The van der Waals surface area contributed by atoms with Gasteiger partial charge in [-0.3, -0.25) is 4.79 Å². The number of aliphatic hydroxyl groups is 1. The average Bonchev–Trinajstić information content (AvgIpc) is 2.86. The molecule has 0 aliphatic rings. The quantitative estimate of drug-likeness (QED) is 0.0473. The summed E-state index contributed by atoms with van der Waals surface area (Å²) in [5.74, 6) is 2.02. The zero-order chi connectivity index (χ0) is 25.8. The maximum absolute atomic E-state index is 12.7. The number of thioether (sulfide) groups is 2. The summed E-state index contributed by atoms with van der Waals surface area (Å²) in [6.45, 7) is 5.90. The number of hydrogen-bond donors (Lipinski definition) is 1. The first-order valence-electron chi connectivity index (χ1n) is 14.3. The van der Waals surface area contributed by atoms with Gasteiger partial charge in [0.2, 0.25) is 0 Å².